The number of ether oxygens (including phenoxy) is 1. The highest BCUT2D eigenvalue weighted by Crippen LogP contribution is 2.62. The summed E-state index contributed by atoms with van der Waals surface area (Å²) in [5, 5.41) is 0. The molecule has 0 aromatic rings. The summed E-state index contributed by atoms with van der Waals surface area (Å²) in [6.07, 6.45) is -7.22. The molecule has 0 radical (unpaired) electrons. The second-order valence-electron chi connectivity index (χ2n) is 7.60. The number of halogens is 15. The van der Waals surface area contributed by atoms with Gasteiger partial charge in [0.05, 0.1) is 6.10 Å². The van der Waals surface area contributed by atoms with Crippen LogP contribution in [0.25, 0.3) is 0 Å². The van der Waals surface area contributed by atoms with Gasteiger partial charge in [-0.1, -0.05) is 0 Å². The highest BCUT2D eigenvalue weighted by molar-refractivity contribution is 5.13. The molecule has 0 aromatic carbocycles. The molecule has 0 heterocycles. The van der Waals surface area contributed by atoms with E-state index in [0.717, 1.165) is 0 Å². The maximum Gasteiger partial charge on any atom is 0.460 e. The summed E-state index contributed by atoms with van der Waals surface area (Å²) in [6, 6.07) is 0. The molecule has 2 fully saturated rings. The second kappa shape index (κ2) is 7.20. The molecule has 0 N–H and O–H groups in total. The van der Waals surface area contributed by atoms with Gasteiger partial charge in [-0.2, -0.15) is 65.9 Å². The largest absolute Gasteiger partial charge is 0.460 e. The average molecular weight is 494 g/mol. The van der Waals surface area contributed by atoms with Crippen molar-refractivity contribution in [1.82, 2.24) is 0 Å². The van der Waals surface area contributed by atoms with Crippen molar-refractivity contribution in [2.75, 3.05) is 6.61 Å². The molecular formula is C15H13F15O. The fraction of sp³-hybridized carbons (Fsp3) is 1.00. The van der Waals surface area contributed by atoms with Crippen molar-refractivity contribution in [3.63, 3.8) is 0 Å². The molecular weight excluding hydrogens is 481 g/mol. The van der Waals surface area contributed by atoms with Gasteiger partial charge in [0.15, 0.2) is 0 Å². The van der Waals surface area contributed by atoms with E-state index in [-0.39, 0.29) is 12.3 Å². The van der Waals surface area contributed by atoms with Gasteiger partial charge in [0.1, 0.15) is 6.61 Å². The van der Waals surface area contributed by atoms with Gasteiger partial charge in [0, 0.05) is 0 Å². The van der Waals surface area contributed by atoms with E-state index in [1.54, 1.807) is 0 Å². The molecule has 3 atom stereocenters. The Kier molecular flexibility index (Phi) is 6.08. The SMILES string of the molecule is FC(F)(F)C(F)(F)C(F)(F)C(F)(F)C(F)(F)C(F)(F)C(F)(F)COC1CC2CCC1C2. The molecule has 0 saturated heterocycles. The van der Waals surface area contributed by atoms with Crippen LogP contribution in [0.3, 0.4) is 0 Å². The number of hydrogen-bond acceptors (Lipinski definition) is 1. The van der Waals surface area contributed by atoms with Gasteiger partial charge >= 0.3 is 41.7 Å². The molecule has 0 aromatic heterocycles. The summed E-state index contributed by atoms with van der Waals surface area (Å²) in [6.45, 7) is -2.68. The molecule has 2 rings (SSSR count). The topological polar surface area (TPSA) is 9.23 Å². The fourth-order valence-electron chi connectivity index (χ4n) is 3.69. The van der Waals surface area contributed by atoms with Crippen LogP contribution in [0.5, 0.6) is 0 Å². The standard InChI is InChI=1S/C15H13F15O/c16-9(17,5-31-8-4-6-1-2-7(8)3-6)10(18,19)11(20,21)12(22,23)13(24,25)14(26,27)15(28,29)30/h6-8H,1-5H2. The van der Waals surface area contributed by atoms with Crippen molar-refractivity contribution in [3.05, 3.63) is 0 Å². The molecule has 1 nitrogen and oxygen atoms in total. The molecule has 2 saturated carbocycles. The molecule has 3 unspecified atom stereocenters. The Morgan fingerprint density at radius 3 is 1.39 bits per heavy atom. The van der Waals surface area contributed by atoms with Gasteiger partial charge in [-0.15, -0.1) is 0 Å². The van der Waals surface area contributed by atoms with Crippen molar-refractivity contribution in [1.29, 1.82) is 0 Å². The third-order valence-electron chi connectivity index (χ3n) is 5.54. The minimum Gasteiger partial charge on any atom is -0.371 e. The normalized spacial score (nSPS) is 26.6. The van der Waals surface area contributed by atoms with Crippen molar-refractivity contribution in [3.8, 4) is 0 Å². The summed E-state index contributed by atoms with van der Waals surface area (Å²) in [5.41, 5.74) is 0. The van der Waals surface area contributed by atoms with Crippen molar-refractivity contribution in [2.24, 2.45) is 11.8 Å². The Morgan fingerprint density at radius 1 is 0.548 bits per heavy atom. The zero-order valence-electron chi connectivity index (χ0n) is 14.8. The third kappa shape index (κ3) is 3.63. The Labute approximate surface area is 163 Å². The molecule has 0 aliphatic heterocycles. The smallest absolute Gasteiger partial charge is 0.371 e. The minimum absolute atomic E-state index is 0.0433. The van der Waals surface area contributed by atoms with Crippen molar-refractivity contribution in [2.45, 2.75) is 73.5 Å². The van der Waals surface area contributed by atoms with Gasteiger partial charge in [0.25, 0.3) is 0 Å². The monoisotopic (exact) mass is 494 g/mol. The molecule has 184 valence electrons. The van der Waals surface area contributed by atoms with E-state index in [0.29, 0.717) is 19.3 Å². The Bertz CT molecular complexity index is 668. The number of fused-ring (bicyclic) bond motifs is 2. The van der Waals surface area contributed by atoms with Gasteiger partial charge in [-0.25, -0.2) is 0 Å². The van der Waals surface area contributed by atoms with Crippen LogP contribution in [0.1, 0.15) is 25.7 Å². The molecule has 2 aliphatic carbocycles. The van der Waals surface area contributed by atoms with Crippen molar-refractivity contribution < 1.29 is 70.6 Å². The van der Waals surface area contributed by atoms with E-state index in [1.807, 2.05) is 0 Å². The first-order valence-electron chi connectivity index (χ1n) is 8.50. The highest BCUT2D eigenvalue weighted by atomic mass is 19.4. The van der Waals surface area contributed by atoms with Crippen LogP contribution < -0.4 is 0 Å². The second-order valence-corrected chi connectivity index (χ2v) is 7.60. The minimum atomic E-state index is -8.25. The summed E-state index contributed by atoms with van der Waals surface area (Å²) in [4.78, 5) is 0. The van der Waals surface area contributed by atoms with Crippen LogP contribution >= 0.6 is 0 Å². The summed E-state index contributed by atoms with van der Waals surface area (Å²) < 4.78 is 200. The fourth-order valence-corrected chi connectivity index (χ4v) is 3.69. The highest BCUT2D eigenvalue weighted by Gasteiger charge is 2.93. The van der Waals surface area contributed by atoms with Crippen molar-refractivity contribution >= 4 is 0 Å². The average Bonchev–Trinajstić information content (AvgIpc) is 3.21. The number of alkyl halides is 15. The van der Waals surface area contributed by atoms with E-state index in [2.05, 4.69) is 4.74 Å². The zero-order valence-corrected chi connectivity index (χ0v) is 14.8. The molecule has 0 amide bonds. The lowest BCUT2D eigenvalue weighted by molar-refractivity contribution is -0.453. The van der Waals surface area contributed by atoms with Crippen LogP contribution in [-0.4, -0.2) is 54.4 Å². The molecule has 2 aliphatic rings. The van der Waals surface area contributed by atoms with Gasteiger partial charge in [0.2, 0.25) is 0 Å². The summed E-state index contributed by atoms with van der Waals surface area (Å²) in [7, 11) is 0. The van der Waals surface area contributed by atoms with Crippen LogP contribution in [-0.2, 0) is 4.74 Å². The lowest BCUT2D eigenvalue weighted by atomic mass is 9.91. The Morgan fingerprint density at radius 2 is 1.00 bits per heavy atom. The number of rotatable bonds is 8. The van der Waals surface area contributed by atoms with Crippen LogP contribution in [0, 0.1) is 11.8 Å². The predicted octanol–water partition coefficient (Wildman–Crippen LogP) is 6.57. The van der Waals surface area contributed by atoms with E-state index in [9.17, 15) is 65.9 Å². The maximum absolute atomic E-state index is 13.7. The van der Waals surface area contributed by atoms with E-state index in [1.165, 1.54) is 0 Å². The predicted molar refractivity (Wildman–Crippen MR) is 70.9 cm³/mol. The molecule has 16 heteroatoms. The molecule has 2 bridgehead atoms. The van der Waals surface area contributed by atoms with Crippen LogP contribution in [0.4, 0.5) is 65.9 Å². The quantitative estimate of drug-likeness (QED) is 0.347. The lowest BCUT2D eigenvalue weighted by Crippen LogP contribution is -2.73. The third-order valence-corrected chi connectivity index (χ3v) is 5.54. The maximum atomic E-state index is 13.7. The van der Waals surface area contributed by atoms with E-state index < -0.39 is 60.3 Å². The van der Waals surface area contributed by atoms with E-state index in [4.69, 9.17) is 0 Å². The van der Waals surface area contributed by atoms with E-state index >= 15 is 0 Å². The first-order valence-corrected chi connectivity index (χ1v) is 8.50. The lowest BCUT2D eigenvalue weighted by Gasteiger charge is -2.41. The molecule has 31 heavy (non-hydrogen) atoms. The first kappa shape index (κ1) is 26.2. The Hall–Kier alpha value is -1.09. The summed E-state index contributed by atoms with van der Waals surface area (Å²) >= 11 is 0. The van der Waals surface area contributed by atoms with Gasteiger partial charge in [-0.05, 0) is 37.5 Å². The van der Waals surface area contributed by atoms with Gasteiger partial charge < -0.3 is 4.74 Å². The summed E-state index contributed by atoms with van der Waals surface area (Å²) in [5.74, 6) is -46.8. The van der Waals surface area contributed by atoms with Crippen LogP contribution in [0.2, 0.25) is 0 Å². The molecule has 0 spiro atoms. The Balaban J connectivity index is 2.31. The first-order chi connectivity index (χ1) is 13.5. The van der Waals surface area contributed by atoms with Crippen LogP contribution in [0.15, 0.2) is 0 Å². The zero-order chi connectivity index (χ0) is 24.5. The van der Waals surface area contributed by atoms with Gasteiger partial charge in [-0.3, -0.25) is 0 Å². The number of hydrogen-bond donors (Lipinski definition) is 0.